The quantitative estimate of drug-likeness (QED) is 0.494. The van der Waals surface area contributed by atoms with Gasteiger partial charge in [0.2, 0.25) is 10.0 Å². The van der Waals surface area contributed by atoms with E-state index in [1.165, 1.54) is 18.2 Å². The molecule has 2 bridgehead atoms. The number of fused-ring (bicyclic) bond motifs is 2. The highest BCUT2D eigenvalue weighted by molar-refractivity contribution is 7.89. The van der Waals surface area contributed by atoms with E-state index in [4.69, 9.17) is 5.11 Å². The molecule has 5 nitrogen and oxygen atoms in total. The average Bonchev–Trinajstić information content (AvgIpc) is 3.21. The first-order chi connectivity index (χ1) is 12.9. The van der Waals surface area contributed by atoms with Crippen LogP contribution in [-0.4, -0.2) is 26.0 Å². The third-order valence-corrected chi connectivity index (χ3v) is 7.37. The first-order valence-electron chi connectivity index (χ1n) is 9.51. The summed E-state index contributed by atoms with van der Waals surface area (Å²) < 4.78 is 41.4. The molecule has 0 aliphatic heterocycles. The van der Waals surface area contributed by atoms with Gasteiger partial charge in [-0.2, -0.15) is 0 Å². The van der Waals surface area contributed by atoms with Crippen LogP contribution >= 0.6 is 0 Å². The minimum atomic E-state index is -3.87. The third-order valence-electron chi connectivity index (χ3n) is 5.91. The van der Waals surface area contributed by atoms with Crippen molar-refractivity contribution < 1.29 is 22.7 Å². The van der Waals surface area contributed by atoms with Gasteiger partial charge in [0.15, 0.2) is 0 Å². The summed E-state index contributed by atoms with van der Waals surface area (Å²) in [5.41, 5.74) is 0. The number of unbranched alkanes of at least 4 members (excludes halogenated alkanes) is 1. The van der Waals surface area contributed by atoms with Crippen LogP contribution in [0.3, 0.4) is 0 Å². The Morgan fingerprint density at radius 1 is 1.26 bits per heavy atom. The number of sulfonamides is 1. The van der Waals surface area contributed by atoms with Crippen LogP contribution in [0.4, 0.5) is 4.39 Å². The summed E-state index contributed by atoms with van der Waals surface area (Å²) in [6.45, 7) is 0.308. The zero-order chi connectivity index (χ0) is 19.4. The smallest absolute Gasteiger partial charge is 0.303 e. The Morgan fingerprint density at radius 2 is 2.00 bits per heavy atom. The lowest BCUT2D eigenvalue weighted by molar-refractivity contribution is -0.137. The largest absolute Gasteiger partial charge is 0.481 e. The first-order valence-corrected chi connectivity index (χ1v) is 11.0. The molecule has 2 aliphatic rings. The van der Waals surface area contributed by atoms with Crippen molar-refractivity contribution in [2.24, 2.45) is 23.7 Å². The number of nitrogens with one attached hydrogen (secondary N) is 1. The van der Waals surface area contributed by atoms with Crippen molar-refractivity contribution in [2.45, 2.75) is 43.4 Å². The van der Waals surface area contributed by atoms with E-state index < -0.39 is 21.8 Å². The first kappa shape index (κ1) is 20.0. The summed E-state index contributed by atoms with van der Waals surface area (Å²) in [6, 6.07) is 5.40. The van der Waals surface area contributed by atoms with Gasteiger partial charge in [0.05, 0.1) is 0 Å². The van der Waals surface area contributed by atoms with Gasteiger partial charge in [-0.15, -0.1) is 0 Å². The van der Waals surface area contributed by atoms with Gasteiger partial charge < -0.3 is 5.11 Å². The molecule has 1 aromatic rings. The molecular weight excluding hydrogens is 369 g/mol. The highest BCUT2D eigenvalue weighted by Gasteiger charge is 2.46. The molecule has 0 amide bonds. The van der Waals surface area contributed by atoms with Crippen LogP contribution < -0.4 is 4.72 Å². The van der Waals surface area contributed by atoms with Crippen LogP contribution in [0.5, 0.6) is 0 Å². The van der Waals surface area contributed by atoms with Gasteiger partial charge in [-0.1, -0.05) is 24.3 Å². The van der Waals surface area contributed by atoms with E-state index in [2.05, 4.69) is 10.8 Å². The Balaban J connectivity index is 1.61. The number of halogens is 1. The molecule has 148 valence electrons. The van der Waals surface area contributed by atoms with Gasteiger partial charge in [-0.05, 0) is 67.9 Å². The van der Waals surface area contributed by atoms with Crippen LogP contribution in [0.2, 0.25) is 0 Å². The summed E-state index contributed by atoms with van der Waals surface area (Å²) in [7, 11) is -3.87. The second kappa shape index (κ2) is 8.52. The lowest BCUT2D eigenvalue weighted by Crippen LogP contribution is -2.35. The number of carboxylic acids is 1. The van der Waals surface area contributed by atoms with E-state index in [9.17, 15) is 17.6 Å². The average molecular weight is 395 g/mol. The van der Waals surface area contributed by atoms with Gasteiger partial charge in [-0.3, -0.25) is 4.79 Å². The summed E-state index contributed by atoms with van der Waals surface area (Å²) in [5, 5.41) is 8.70. The molecule has 0 saturated heterocycles. The third kappa shape index (κ3) is 4.76. The highest BCUT2D eigenvalue weighted by Crippen LogP contribution is 2.52. The maximum Gasteiger partial charge on any atom is 0.303 e. The molecule has 2 saturated carbocycles. The number of benzene rings is 1. The number of carbonyl (C=O) groups is 1. The molecule has 4 atom stereocenters. The van der Waals surface area contributed by atoms with Crippen LogP contribution in [-0.2, 0) is 14.8 Å². The summed E-state index contributed by atoms with van der Waals surface area (Å²) in [4.78, 5) is 10.3. The van der Waals surface area contributed by atoms with Crippen molar-refractivity contribution in [2.75, 3.05) is 6.54 Å². The summed E-state index contributed by atoms with van der Waals surface area (Å²) in [5.74, 6) is 0.0372. The number of hydrogen-bond donors (Lipinski definition) is 2. The van der Waals surface area contributed by atoms with Gasteiger partial charge >= 0.3 is 5.97 Å². The minimum Gasteiger partial charge on any atom is -0.481 e. The fourth-order valence-electron chi connectivity index (χ4n) is 4.63. The normalized spacial score (nSPS) is 27.4. The monoisotopic (exact) mass is 395 g/mol. The summed E-state index contributed by atoms with van der Waals surface area (Å²) >= 11 is 0. The predicted molar refractivity (Wildman–Crippen MR) is 100 cm³/mol. The topological polar surface area (TPSA) is 83.5 Å². The lowest BCUT2D eigenvalue weighted by atomic mass is 9.79. The zero-order valence-corrected chi connectivity index (χ0v) is 16.0. The zero-order valence-electron chi connectivity index (χ0n) is 15.2. The van der Waals surface area contributed by atoms with Crippen LogP contribution in [0.1, 0.15) is 38.5 Å². The maximum atomic E-state index is 13.8. The van der Waals surface area contributed by atoms with Gasteiger partial charge in [-0.25, -0.2) is 17.5 Å². The van der Waals surface area contributed by atoms with Crippen molar-refractivity contribution in [3.8, 4) is 0 Å². The van der Waals surface area contributed by atoms with Crippen LogP contribution in [0.15, 0.2) is 41.3 Å². The summed E-state index contributed by atoms with van der Waals surface area (Å²) in [6.07, 6.45) is 9.04. The van der Waals surface area contributed by atoms with E-state index in [-0.39, 0.29) is 17.2 Å². The molecule has 2 fully saturated rings. The second-order valence-corrected chi connectivity index (χ2v) is 9.31. The van der Waals surface area contributed by atoms with Crippen LogP contribution in [0, 0.1) is 29.5 Å². The number of allylic oxidation sites excluding steroid dienone is 2. The highest BCUT2D eigenvalue weighted by atomic mass is 32.2. The van der Waals surface area contributed by atoms with Crippen LogP contribution in [0.25, 0.3) is 0 Å². The number of carboxylic acid groups (broad SMARTS) is 1. The molecule has 7 heteroatoms. The van der Waals surface area contributed by atoms with Gasteiger partial charge in [0.25, 0.3) is 0 Å². The van der Waals surface area contributed by atoms with Crippen molar-refractivity contribution >= 4 is 16.0 Å². The fourth-order valence-corrected chi connectivity index (χ4v) is 5.78. The minimum absolute atomic E-state index is 0.160. The van der Waals surface area contributed by atoms with E-state index in [1.54, 1.807) is 0 Å². The Labute approximate surface area is 159 Å². The molecule has 0 aromatic heterocycles. The van der Waals surface area contributed by atoms with Crippen molar-refractivity contribution in [3.05, 3.63) is 42.2 Å². The number of rotatable bonds is 9. The van der Waals surface area contributed by atoms with Crippen molar-refractivity contribution in [3.63, 3.8) is 0 Å². The Kier molecular flexibility index (Phi) is 6.32. The van der Waals surface area contributed by atoms with Crippen molar-refractivity contribution in [1.29, 1.82) is 0 Å². The van der Waals surface area contributed by atoms with E-state index in [0.29, 0.717) is 37.1 Å². The Bertz CT molecular complexity index is 808. The fraction of sp³-hybridized carbons (Fsp3) is 0.550. The molecule has 27 heavy (non-hydrogen) atoms. The predicted octanol–water partition coefficient (Wildman–Crippen LogP) is 3.58. The van der Waals surface area contributed by atoms with E-state index >= 15 is 0 Å². The van der Waals surface area contributed by atoms with E-state index in [0.717, 1.165) is 25.3 Å². The molecular formula is C20H26FNO4S. The molecule has 0 radical (unpaired) electrons. The van der Waals surface area contributed by atoms with Gasteiger partial charge in [0, 0.05) is 13.0 Å². The van der Waals surface area contributed by atoms with Crippen molar-refractivity contribution in [1.82, 2.24) is 4.72 Å². The van der Waals surface area contributed by atoms with E-state index in [1.807, 2.05) is 6.08 Å². The molecule has 3 rings (SSSR count). The number of aliphatic carboxylic acids is 1. The SMILES string of the molecule is O=C(O)CCC/C=C\[C@H]1[C@H]2CC[C@H](C2)[C@@H]1CNS(=O)(=O)c1ccccc1F. The molecule has 0 unspecified atom stereocenters. The second-order valence-electron chi connectivity index (χ2n) is 7.57. The molecule has 2 aliphatic carbocycles. The Morgan fingerprint density at radius 3 is 2.74 bits per heavy atom. The Hall–Kier alpha value is -1.73. The lowest BCUT2D eigenvalue weighted by Gasteiger charge is -2.29. The molecule has 0 heterocycles. The van der Waals surface area contributed by atoms with Gasteiger partial charge in [0.1, 0.15) is 10.7 Å². The number of hydrogen-bond acceptors (Lipinski definition) is 3. The molecule has 2 N–H and O–H groups in total. The standard InChI is InChI=1S/C20H26FNO4S/c21-18-7-4-5-8-19(18)27(25,26)22-13-17-15-11-10-14(12-15)16(17)6-2-1-3-9-20(23)24/h2,4-8,14-17,22H,1,3,9-13H2,(H,23,24)/b6-2-/t14-,15+,16-,17-/m0/s1. The molecule has 0 spiro atoms. The maximum absolute atomic E-state index is 13.8. The molecule has 1 aromatic carbocycles.